The normalized spacial score (nSPS) is 15.3. The summed E-state index contributed by atoms with van der Waals surface area (Å²) in [6.07, 6.45) is 0. The minimum absolute atomic E-state index is 0.0794. The van der Waals surface area contributed by atoms with Crippen LogP contribution in [0.15, 0.2) is 40.7 Å². The van der Waals surface area contributed by atoms with E-state index in [0.29, 0.717) is 16.9 Å². The van der Waals surface area contributed by atoms with E-state index in [1.54, 1.807) is 13.8 Å². The Kier molecular flexibility index (Phi) is 4.01. The molecule has 0 amide bonds. The fourth-order valence-corrected chi connectivity index (χ4v) is 2.54. The van der Waals surface area contributed by atoms with Gasteiger partial charge in [0.1, 0.15) is 17.1 Å². The molecule has 1 aliphatic rings. The molecule has 0 atom stereocenters. The summed E-state index contributed by atoms with van der Waals surface area (Å²) in [5.41, 5.74) is -0.712. The second-order valence-corrected chi connectivity index (χ2v) is 5.88. The first kappa shape index (κ1) is 16.7. The van der Waals surface area contributed by atoms with Gasteiger partial charge in [0.05, 0.1) is 17.1 Å². The second-order valence-electron chi connectivity index (χ2n) is 5.88. The molecule has 9 heteroatoms. The largest absolute Gasteiger partial charge is 0.482 e. The highest BCUT2D eigenvalue weighted by molar-refractivity contribution is 5.75. The Morgan fingerprint density at radius 3 is 2.72 bits per heavy atom. The first-order valence-electron chi connectivity index (χ1n) is 7.38. The third kappa shape index (κ3) is 3.09. The zero-order chi connectivity index (χ0) is 18.2. The van der Waals surface area contributed by atoms with Crippen molar-refractivity contribution in [2.45, 2.75) is 19.4 Å². The van der Waals surface area contributed by atoms with Gasteiger partial charge in [-0.1, -0.05) is 0 Å². The number of aromatic amines is 1. The van der Waals surface area contributed by atoms with E-state index >= 15 is 0 Å². The number of nitro benzene ring substituents is 1. The summed E-state index contributed by atoms with van der Waals surface area (Å²) in [6, 6.07) is 6.71. The number of non-ortho nitro benzene ring substituents is 1. The molecular formula is C16H15N3O6. The minimum Gasteiger partial charge on any atom is -0.482 e. The van der Waals surface area contributed by atoms with Gasteiger partial charge in [-0.3, -0.25) is 14.9 Å². The van der Waals surface area contributed by atoms with Crippen LogP contribution >= 0.6 is 0 Å². The van der Waals surface area contributed by atoms with Crippen molar-refractivity contribution < 1.29 is 19.5 Å². The number of hydrogen-bond acceptors (Lipinski definition) is 7. The summed E-state index contributed by atoms with van der Waals surface area (Å²) < 4.78 is 11.6. The molecule has 25 heavy (non-hydrogen) atoms. The number of H-pyrrole nitrogens is 1. The molecule has 2 N–H and O–H groups in total. The lowest BCUT2D eigenvalue weighted by Gasteiger charge is -2.35. The molecule has 9 nitrogen and oxygen atoms in total. The lowest BCUT2D eigenvalue weighted by Crippen LogP contribution is -2.37. The molecule has 0 bridgehead atoms. The van der Waals surface area contributed by atoms with Crippen LogP contribution in [0.4, 0.5) is 5.69 Å². The van der Waals surface area contributed by atoms with Gasteiger partial charge in [-0.15, -0.1) is 5.10 Å². The lowest BCUT2D eigenvalue weighted by molar-refractivity contribution is -0.384. The molecule has 3 rings (SSSR count). The first-order chi connectivity index (χ1) is 11.8. The standard InChI is InChI=1S/C16H15N3O6/c1-16(2)11(8-20)15(24-14-6-5-13(21)17-18-14)10-7-9(19(22)23)3-4-12(10)25-16/h3-7,20H,8H2,1-2H3,(H,17,21). The van der Waals surface area contributed by atoms with Crippen molar-refractivity contribution in [3.05, 3.63) is 61.9 Å². The SMILES string of the molecule is CC1(C)Oc2ccc([N+](=O)[O-])cc2C(Oc2ccc(=O)[nH]n2)=C1CO. The molecule has 0 radical (unpaired) electrons. The molecule has 0 fully saturated rings. The van der Waals surface area contributed by atoms with Crippen LogP contribution in [-0.2, 0) is 0 Å². The predicted molar refractivity (Wildman–Crippen MR) is 87.3 cm³/mol. The van der Waals surface area contributed by atoms with E-state index in [1.807, 2.05) is 0 Å². The van der Waals surface area contributed by atoms with Crippen LogP contribution in [0.25, 0.3) is 5.76 Å². The van der Waals surface area contributed by atoms with Crippen LogP contribution in [0.5, 0.6) is 11.6 Å². The summed E-state index contributed by atoms with van der Waals surface area (Å²) >= 11 is 0. The maximum atomic E-state index is 11.1. The number of benzene rings is 1. The Labute approximate surface area is 141 Å². The Bertz CT molecular complexity index is 911. The molecule has 1 aliphatic heterocycles. The highest BCUT2D eigenvalue weighted by Crippen LogP contribution is 2.42. The van der Waals surface area contributed by atoms with Gasteiger partial charge in [-0.25, -0.2) is 5.10 Å². The van der Waals surface area contributed by atoms with Crippen molar-refractivity contribution in [2.24, 2.45) is 0 Å². The Morgan fingerprint density at radius 1 is 1.36 bits per heavy atom. The molecular weight excluding hydrogens is 330 g/mol. The van der Waals surface area contributed by atoms with Crippen LogP contribution in [0, 0.1) is 10.1 Å². The third-order valence-electron chi connectivity index (χ3n) is 3.80. The van der Waals surface area contributed by atoms with Crippen molar-refractivity contribution in [2.75, 3.05) is 6.61 Å². The number of ether oxygens (including phenoxy) is 2. The van der Waals surface area contributed by atoms with Crippen LogP contribution in [-0.4, -0.2) is 32.4 Å². The fourth-order valence-electron chi connectivity index (χ4n) is 2.54. The summed E-state index contributed by atoms with van der Waals surface area (Å²) in [7, 11) is 0. The average Bonchev–Trinajstić information content (AvgIpc) is 2.55. The smallest absolute Gasteiger partial charge is 0.270 e. The number of fused-ring (bicyclic) bond motifs is 1. The minimum atomic E-state index is -0.893. The van der Waals surface area contributed by atoms with E-state index in [9.17, 15) is 20.0 Å². The molecule has 1 aromatic heterocycles. The quantitative estimate of drug-likeness (QED) is 0.636. The number of nitrogens with one attached hydrogen (secondary N) is 1. The van der Waals surface area contributed by atoms with Gasteiger partial charge in [0.15, 0.2) is 0 Å². The zero-order valence-electron chi connectivity index (χ0n) is 13.5. The fraction of sp³-hybridized carbons (Fsp3) is 0.250. The average molecular weight is 345 g/mol. The Hall–Kier alpha value is -3.20. The number of aliphatic hydroxyl groups is 1. The third-order valence-corrected chi connectivity index (χ3v) is 3.80. The van der Waals surface area contributed by atoms with Crippen molar-refractivity contribution in [1.82, 2.24) is 10.2 Å². The summed E-state index contributed by atoms with van der Waals surface area (Å²) in [4.78, 5) is 21.7. The molecule has 2 aromatic rings. The van der Waals surface area contributed by atoms with Gasteiger partial charge < -0.3 is 14.6 Å². The predicted octanol–water partition coefficient (Wildman–Crippen LogP) is 1.63. The van der Waals surface area contributed by atoms with Crippen molar-refractivity contribution in [3.63, 3.8) is 0 Å². The van der Waals surface area contributed by atoms with Crippen LogP contribution < -0.4 is 15.0 Å². The number of aliphatic hydroxyl groups excluding tert-OH is 1. The number of rotatable bonds is 4. The van der Waals surface area contributed by atoms with Gasteiger partial charge in [0, 0.05) is 29.8 Å². The number of hydrogen-bond donors (Lipinski definition) is 2. The molecule has 2 heterocycles. The number of nitro groups is 1. The van der Waals surface area contributed by atoms with Crippen molar-refractivity contribution in [1.29, 1.82) is 0 Å². The zero-order valence-corrected chi connectivity index (χ0v) is 13.5. The van der Waals surface area contributed by atoms with Crippen LogP contribution in [0.3, 0.4) is 0 Å². The van der Waals surface area contributed by atoms with E-state index in [4.69, 9.17) is 9.47 Å². The maximum Gasteiger partial charge on any atom is 0.270 e. The first-order valence-corrected chi connectivity index (χ1v) is 7.38. The van der Waals surface area contributed by atoms with E-state index in [1.165, 1.54) is 30.3 Å². The van der Waals surface area contributed by atoms with Crippen LogP contribution in [0.2, 0.25) is 0 Å². The molecule has 130 valence electrons. The maximum absolute atomic E-state index is 11.1. The van der Waals surface area contributed by atoms with E-state index < -0.39 is 16.1 Å². The molecule has 0 spiro atoms. The highest BCUT2D eigenvalue weighted by Gasteiger charge is 2.37. The van der Waals surface area contributed by atoms with Gasteiger partial charge in [0.25, 0.3) is 11.2 Å². The Balaban J connectivity index is 2.17. The van der Waals surface area contributed by atoms with Gasteiger partial charge in [-0.2, -0.15) is 0 Å². The van der Waals surface area contributed by atoms with E-state index in [-0.39, 0.29) is 23.9 Å². The molecule has 1 aromatic carbocycles. The molecule has 0 aliphatic carbocycles. The highest BCUT2D eigenvalue weighted by atomic mass is 16.6. The van der Waals surface area contributed by atoms with Gasteiger partial charge in [0.2, 0.25) is 5.88 Å². The van der Waals surface area contributed by atoms with Crippen molar-refractivity contribution >= 4 is 11.4 Å². The topological polar surface area (TPSA) is 128 Å². The monoisotopic (exact) mass is 345 g/mol. The number of nitrogens with zero attached hydrogens (tertiary/aromatic N) is 2. The van der Waals surface area contributed by atoms with Crippen LogP contribution in [0.1, 0.15) is 19.4 Å². The summed E-state index contributed by atoms with van der Waals surface area (Å²) in [5, 5.41) is 26.9. The van der Waals surface area contributed by atoms with Gasteiger partial charge in [-0.05, 0) is 19.9 Å². The Morgan fingerprint density at radius 2 is 2.12 bits per heavy atom. The lowest BCUT2D eigenvalue weighted by atomic mass is 9.91. The summed E-state index contributed by atoms with van der Waals surface area (Å²) in [6.45, 7) is 3.10. The molecule has 0 saturated carbocycles. The molecule has 0 unspecified atom stereocenters. The van der Waals surface area contributed by atoms with Gasteiger partial charge >= 0.3 is 0 Å². The number of aromatic nitrogens is 2. The van der Waals surface area contributed by atoms with Crippen molar-refractivity contribution in [3.8, 4) is 11.6 Å². The summed E-state index contributed by atoms with van der Waals surface area (Å²) in [5.74, 6) is 0.667. The molecule has 0 saturated heterocycles. The van der Waals surface area contributed by atoms with E-state index in [2.05, 4.69) is 10.2 Å². The second kappa shape index (κ2) is 6.02. The van der Waals surface area contributed by atoms with E-state index in [0.717, 1.165) is 0 Å².